The molecule has 0 aliphatic heterocycles. The first kappa shape index (κ1) is 12.7. The molecule has 92 valence electrons. The lowest BCUT2D eigenvalue weighted by molar-refractivity contribution is 0.681. The molecule has 0 bridgehead atoms. The van der Waals surface area contributed by atoms with Crippen LogP contribution in [0.1, 0.15) is 34.1 Å². The minimum absolute atomic E-state index is 0.0355. The van der Waals surface area contributed by atoms with Crippen LogP contribution in [0.4, 0.5) is 0 Å². The summed E-state index contributed by atoms with van der Waals surface area (Å²) in [6.45, 7) is 5.82. The van der Waals surface area contributed by atoms with Gasteiger partial charge in [0, 0.05) is 23.3 Å². The van der Waals surface area contributed by atoms with Crippen molar-refractivity contribution >= 4 is 22.7 Å². The first-order valence-electron chi connectivity index (χ1n) is 5.60. The number of aromatic nitrogens is 1. The molecular weight excluding hydrogens is 250 g/mol. The summed E-state index contributed by atoms with van der Waals surface area (Å²) in [4.78, 5) is 5.88. The van der Waals surface area contributed by atoms with E-state index in [9.17, 15) is 0 Å². The zero-order chi connectivity index (χ0) is 12.3. The molecule has 1 atom stereocenters. The molecule has 0 aromatic carbocycles. The smallest absolute Gasteiger partial charge is 0.109 e. The van der Waals surface area contributed by atoms with Crippen LogP contribution in [-0.2, 0) is 13.1 Å². The molecule has 2 aromatic heterocycles. The first-order valence-corrected chi connectivity index (χ1v) is 7.36. The molecule has 0 aliphatic carbocycles. The summed E-state index contributed by atoms with van der Waals surface area (Å²) in [6, 6.07) is 2.19. The second-order valence-electron chi connectivity index (χ2n) is 4.10. The van der Waals surface area contributed by atoms with Crippen molar-refractivity contribution in [2.24, 2.45) is 5.73 Å². The Morgan fingerprint density at radius 3 is 2.82 bits per heavy atom. The zero-order valence-electron chi connectivity index (χ0n) is 10.1. The summed E-state index contributed by atoms with van der Waals surface area (Å²) in [7, 11) is 0. The van der Waals surface area contributed by atoms with Gasteiger partial charge in [-0.1, -0.05) is 0 Å². The van der Waals surface area contributed by atoms with E-state index in [1.807, 2.05) is 6.92 Å². The van der Waals surface area contributed by atoms with Crippen LogP contribution in [-0.4, -0.2) is 4.98 Å². The van der Waals surface area contributed by atoms with Gasteiger partial charge in [-0.05, 0) is 30.9 Å². The van der Waals surface area contributed by atoms with Crippen LogP contribution in [0.15, 0.2) is 16.8 Å². The molecule has 0 radical (unpaired) electrons. The van der Waals surface area contributed by atoms with Crippen molar-refractivity contribution < 1.29 is 0 Å². The summed E-state index contributed by atoms with van der Waals surface area (Å²) in [5.41, 5.74) is 8.22. The topological polar surface area (TPSA) is 50.9 Å². The van der Waals surface area contributed by atoms with E-state index in [-0.39, 0.29) is 6.04 Å². The van der Waals surface area contributed by atoms with E-state index in [4.69, 9.17) is 5.73 Å². The number of nitrogens with one attached hydrogen (secondary N) is 1. The largest absolute Gasteiger partial charge is 0.322 e. The van der Waals surface area contributed by atoms with Gasteiger partial charge < -0.3 is 11.1 Å². The molecule has 2 aromatic rings. The van der Waals surface area contributed by atoms with Crippen molar-refractivity contribution in [3.63, 3.8) is 0 Å². The predicted octanol–water partition coefficient (Wildman–Crippen LogP) is 2.82. The summed E-state index contributed by atoms with van der Waals surface area (Å²) >= 11 is 3.43. The average Bonchev–Trinajstić information content (AvgIpc) is 2.89. The van der Waals surface area contributed by atoms with Gasteiger partial charge in [0.15, 0.2) is 0 Å². The Morgan fingerprint density at radius 1 is 1.41 bits per heavy atom. The first-order chi connectivity index (χ1) is 8.16. The molecule has 3 N–H and O–H groups in total. The van der Waals surface area contributed by atoms with Gasteiger partial charge in [0.05, 0.1) is 11.7 Å². The van der Waals surface area contributed by atoms with Gasteiger partial charge in [-0.3, -0.25) is 0 Å². The van der Waals surface area contributed by atoms with Gasteiger partial charge in [-0.2, -0.15) is 0 Å². The lowest BCUT2D eigenvalue weighted by Crippen LogP contribution is -2.13. The summed E-state index contributed by atoms with van der Waals surface area (Å²) in [5.74, 6) is 0. The van der Waals surface area contributed by atoms with Gasteiger partial charge >= 0.3 is 0 Å². The van der Waals surface area contributed by atoms with Gasteiger partial charge in [-0.15, -0.1) is 22.7 Å². The highest BCUT2D eigenvalue weighted by atomic mass is 32.1. The predicted molar refractivity (Wildman–Crippen MR) is 74.3 cm³/mol. The van der Waals surface area contributed by atoms with Crippen LogP contribution in [0.2, 0.25) is 0 Å². The van der Waals surface area contributed by atoms with Gasteiger partial charge in [0.1, 0.15) is 5.01 Å². The molecule has 5 heteroatoms. The molecule has 0 saturated heterocycles. The Labute approximate surface area is 110 Å². The summed E-state index contributed by atoms with van der Waals surface area (Å²) < 4.78 is 0. The van der Waals surface area contributed by atoms with Gasteiger partial charge in [-0.25, -0.2) is 4.98 Å². The van der Waals surface area contributed by atoms with E-state index < -0.39 is 0 Å². The standard InChI is InChI=1S/C12H17N3S2/c1-8-3-4-16-11(8)6-14-5-10-7-17-12(15-10)9(2)13/h3-4,7,9,14H,5-6,13H2,1-2H3. The minimum Gasteiger partial charge on any atom is -0.322 e. The molecule has 2 rings (SSSR count). The normalized spacial score (nSPS) is 12.9. The SMILES string of the molecule is Cc1ccsc1CNCc1csc(C(C)N)n1. The highest BCUT2D eigenvalue weighted by Gasteiger charge is 2.06. The Morgan fingerprint density at radius 2 is 2.24 bits per heavy atom. The van der Waals surface area contributed by atoms with Gasteiger partial charge in [0.2, 0.25) is 0 Å². The third-order valence-electron chi connectivity index (χ3n) is 2.52. The number of nitrogens with zero attached hydrogens (tertiary/aromatic N) is 1. The monoisotopic (exact) mass is 267 g/mol. The Bertz CT molecular complexity index is 474. The number of hydrogen-bond donors (Lipinski definition) is 2. The summed E-state index contributed by atoms with van der Waals surface area (Å²) in [5, 5.41) is 8.62. The third-order valence-corrected chi connectivity index (χ3v) is 4.64. The highest BCUT2D eigenvalue weighted by molar-refractivity contribution is 7.10. The minimum atomic E-state index is 0.0355. The fourth-order valence-corrected chi connectivity index (χ4v) is 3.16. The van der Waals surface area contributed by atoms with Crippen LogP contribution in [0.3, 0.4) is 0 Å². The molecule has 0 amide bonds. The quantitative estimate of drug-likeness (QED) is 0.876. The lowest BCUT2D eigenvalue weighted by atomic mass is 10.3. The molecular formula is C12H17N3S2. The van der Waals surface area contributed by atoms with E-state index in [0.29, 0.717) is 0 Å². The van der Waals surface area contributed by atoms with Crippen molar-refractivity contribution in [3.8, 4) is 0 Å². The number of rotatable bonds is 5. The van der Waals surface area contributed by atoms with Crippen molar-refractivity contribution in [1.29, 1.82) is 0 Å². The van der Waals surface area contributed by atoms with Crippen LogP contribution >= 0.6 is 22.7 Å². The van der Waals surface area contributed by atoms with Crippen LogP contribution in [0, 0.1) is 6.92 Å². The van der Waals surface area contributed by atoms with E-state index in [0.717, 1.165) is 23.8 Å². The van der Waals surface area contributed by atoms with Crippen molar-refractivity contribution in [2.75, 3.05) is 0 Å². The fourth-order valence-electron chi connectivity index (χ4n) is 1.50. The third kappa shape index (κ3) is 3.35. The molecule has 0 fully saturated rings. The maximum absolute atomic E-state index is 5.78. The molecule has 0 saturated carbocycles. The number of thiazole rings is 1. The molecule has 2 heterocycles. The van der Waals surface area contributed by atoms with E-state index in [1.165, 1.54) is 10.4 Å². The second-order valence-corrected chi connectivity index (χ2v) is 5.99. The average molecular weight is 267 g/mol. The lowest BCUT2D eigenvalue weighted by Gasteiger charge is -2.02. The Balaban J connectivity index is 1.84. The number of aryl methyl sites for hydroxylation is 1. The summed E-state index contributed by atoms with van der Waals surface area (Å²) in [6.07, 6.45) is 0. The Kier molecular flexibility index (Phi) is 4.28. The van der Waals surface area contributed by atoms with E-state index >= 15 is 0 Å². The highest BCUT2D eigenvalue weighted by Crippen LogP contribution is 2.17. The van der Waals surface area contributed by atoms with Gasteiger partial charge in [0.25, 0.3) is 0 Å². The van der Waals surface area contributed by atoms with Crippen molar-refractivity contribution in [2.45, 2.75) is 33.0 Å². The second kappa shape index (κ2) is 5.73. The van der Waals surface area contributed by atoms with Crippen LogP contribution in [0.5, 0.6) is 0 Å². The van der Waals surface area contributed by atoms with E-state index in [1.54, 1.807) is 22.7 Å². The van der Waals surface area contributed by atoms with Crippen molar-refractivity contribution in [3.05, 3.63) is 38.0 Å². The van der Waals surface area contributed by atoms with E-state index in [2.05, 4.69) is 34.1 Å². The zero-order valence-corrected chi connectivity index (χ0v) is 11.7. The molecule has 1 unspecified atom stereocenters. The maximum Gasteiger partial charge on any atom is 0.109 e. The number of thiophene rings is 1. The van der Waals surface area contributed by atoms with Crippen molar-refractivity contribution in [1.82, 2.24) is 10.3 Å². The molecule has 17 heavy (non-hydrogen) atoms. The number of nitrogens with two attached hydrogens (primary N) is 1. The molecule has 0 aliphatic rings. The number of hydrogen-bond acceptors (Lipinski definition) is 5. The molecule has 0 spiro atoms. The molecule has 3 nitrogen and oxygen atoms in total. The van der Waals surface area contributed by atoms with Crippen LogP contribution in [0.25, 0.3) is 0 Å². The maximum atomic E-state index is 5.78. The fraction of sp³-hybridized carbons (Fsp3) is 0.417. The van der Waals surface area contributed by atoms with Crippen LogP contribution < -0.4 is 11.1 Å². The Hall–Kier alpha value is -0.750.